The lowest BCUT2D eigenvalue weighted by Crippen LogP contribution is -2.44. The fourth-order valence-electron chi connectivity index (χ4n) is 2.34. The van der Waals surface area contributed by atoms with Crippen molar-refractivity contribution in [2.75, 3.05) is 25.9 Å². The molecular formula is C12H21ClN4OS. The third-order valence-corrected chi connectivity index (χ3v) is 4.36. The number of thiazole rings is 1. The normalized spacial score (nSPS) is 16.9. The van der Waals surface area contributed by atoms with Gasteiger partial charge in [-0.3, -0.25) is 9.69 Å². The molecule has 0 saturated carbocycles. The molecule has 0 bridgehead atoms. The minimum atomic E-state index is 0. The quantitative estimate of drug-likeness (QED) is 0.921. The molecule has 1 fully saturated rings. The molecule has 0 unspecified atom stereocenters. The van der Waals surface area contributed by atoms with Gasteiger partial charge < -0.3 is 10.6 Å². The molecule has 1 aliphatic rings. The van der Waals surface area contributed by atoms with Crippen molar-refractivity contribution in [2.24, 2.45) is 0 Å². The molecule has 1 aliphatic heterocycles. The number of piperidine rings is 1. The van der Waals surface area contributed by atoms with Crippen LogP contribution < -0.4 is 5.73 Å². The van der Waals surface area contributed by atoms with Crippen molar-refractivity contribution in [1.29, 1.82) is 0 Å². The van der Waals surface area contributed by atoms with E-state index in [1.165, 1.54) is 4.88 Å². The fourth-order valence-corrected chi connectivity index (χ4v) is 3.06. The van der Waals surface area contributed by atoms with E-state index in [9.17, 15) is 4.79 Å². The molecule has 2 heterocycles. The van der Waals surface area contributed by atoms with Gasteiger partial charge in [0.2, 0.25) is 5.91 Å². The number of hydrogen-bond acceptors (Lipinski definition) is 5. The summed E-state index contributed by atoms with van der Waals surface area (Å²) in [5, 5.41) is 0.635. The SMILES string of the molecule is CC(=O)N(C)C1CCN(Cc2cnc(N)s2)CC1.Cl. The summed E-state index contributed by atoms with van der Waals surface area (Å²) in [6.45, 7) is 4.61. The number of nitrogens with two attached hydrogens (primary N) is 1. The lowest BCUT2D eigenvalue weighted by atomic mass is 10.0. The van der Waals surface area contributed by atoms with Crippen LogP contribution in [0.1, 0.15) is 24.6 Å². The molecule has 0 aliphatic carbocycles. The van der Waals surface area contributed by atoms with Crippen LogP contribution in [0.4, 0.5) is 5.13 Å². The highest BCUT2D eigenvalue weighted by molar-refractivity contribution is 7.15. The van der Waals surface area contributed by atoms with Crippen molar-refractivity contribution in [2.45, 2.75) is 32.4 Å². The zero-order chi connectivity index (χ0) is 13.1. The Hall–Kier alpha value is -0.850. The number of aromatic nitrogens is 1. The van der Waals surface area contributed by atoms with Crippen LogP contribution in [-0.4, -0.2) is 46.9 Å². The van der Waals surface area contributed by atoms with Crippen molar-refractivity contribution >= 4 is 34.8 Å². The van der Waals surface area contributed by atoms with E-state index in [1.807, 2.05) is 18.1 Å². The molecule has 0 atom stereocenters. The lowest BCUT2D eigenvalue weighted by molar-refractivity contribution is -0.130. The second-order valence-electron chi connectivity index (χ2n) is 4.80. The van der Waals surface area contributed by atoms with Crippen LogP contribution >= 0.6 is 23.7 Å². The van der Waals surface area contributed by atoms with Crippen LogP contribution in [-0.2, 0) is 11.3 Å². The third-order valence-electron chi connectivity index (χ3n) is 3.55. The van der Waals surface area contributed by atoms with Crippen LogP contribution in [0.5, 0.6) is 0 Å². The highest BCUT2D eigenvalue weighted by Crippen LogP contribution is 2.21. The van der Waals surface area contributed by atoms with E-state index in [4.69, 9.17) is 5.73 Å². The van der Waals surface area contributed by atoms with Crippen molar-refractivity contribution in [3.05, 3.63) is 11.1 Å². The Balaban J connectivity index is 0.00000180. The summed E-state index contributed by atoms with van der Waals surface area (Å²) >= 11 is 1.55. The highest BCUT2D eigenvalue weighted by Gasteiger charge is 2.23. The predicted octanol–water partition coefficient (Wildman–Crippen LogP) is 1.59. The average Bonchev–Trinajstić information content (AvgIpc) is 2.75. The van der Waals surface area contributed by atoms with Gasteiger partial charge in [-0.1, -0.05) is 0 Å². The van der Waals surface area contributed by atoms with Gasteiger partial charge in [0.05, 0.1) is 0 Å². The highest BCUT2D eigenvalue weighted by atomic mass is 35.5. The number of nitrogens with zero attached hydrogens (tertiary/aromatic N) is 3. The molecule has 1 aromatic rings. The summed E-state index contributed by atoms with van der Waals surface area (Å²) in [5.41, 5.74) is 5.62. The van der Waals surface area contributed by atoms with Gasteiger partial charge in [-0.25, -0.2) is 4.98 Å². The Morgan fingerprint density at radius 1 is 1.58 bits per heavy atom. The van der Waals surface area contributed by atoms with Crippen molar-refractivity contribution in [1.82, 2.24) is 14.8 Å². The third kappa shape index (κ3) is 4.33. The molecule has 2 rings (SSSR count). The topological polar surface area (TPSA) is 62.5 Å². The van der Waals surface area contributed by atoms with Gasteiger partial charge >= 0.3 is 0 Å². The number of halogens is 1. The van der Waals surface area contributed by atoms with E-state index in [1.54, 1.807) is 18.3 Å². The Labute approximate surface area is 124 Å². The molecule has 19 heavy (non-hydrogen) atoms. The van der Waals surface area contributed by atoms with Gasteiger partial charge in [-0.15, -0.1) is 23.7 Å². The summed E-state index contributed by atoms with van der Waals surface area (Å²) in [4.78, 5) is 20.9. The first-order valence-electron chi connectivity index (χ1n) is 6.22. The zero-order valence-corrected chi connectivity index (χ0v) is 13.0. The number of carbonyl (C=O) groups is 1. The molecule has 0 radical (unpaired) electrons. The Kier molecular flexibility index (Phi) is 6.03. The zero-order valence-electron chi connectivity index (χ0n) is 11.3. The second-order valence-corrected chi connectivity index (χ2v) is 5.95. The number of carbonyl (C=O) groups excluding carboxylic acids is 1. The first-order valence-corrected chi connectivity index (χ1v) is 7.04. The van der Waals surface area contributed by atoms with Gasteiger partial charge in [-0.05, 0) is 12.8 Å². The van der Waals surface area contributed by atoms with E-state index >= 15 is 0 Å². The smallest absolute Gasteiger partial charge is 0.219 e. The summed E-state index contributed by atoms with van der Waals surface area (Å²) in [5.74, 6) is 0.156. The van der Waals surface area contributed by atoms with Crippen molar-refractivity contribution < 1.29 is 4.79 Å². The first-order chi connectivity index (χ1) is 8.56. The number of anilines is 1. The molecule has 1 amide bonds. The minimum Gasteiger partial charge on any atom is -0.375 e. The van der Waals surface area contributed by atoms with Crippen molar-refractivity contribution in [3.8, 4) is 0 Å². The van der Waals surface area contributed by atoms with Gasteiger partial charge in [0.15, 0.2) is 5.13 Å². The molecule has 1 aromatic heterocycles. The van der Waals surface area contributed by atoms with E-state index in [-0.39, 0.29) is 18.3 Å². The molecule has 108 valence electrons. The van der Waals surface area contributed by atoms with E-state index in [0.29, 0.717) is 11.2 Å². The minimum absolute atomic E-state index is 0. The van der Waals surface area contributed by atoms with E-state index in [0.717, 1.165) is 32.5 Å². The van der Waals surface area contributed by atoms with Crippen molar-refractivity contribution in [3.63, 3.8) is 0 Å². The summed E-state index contributed by atoms with van der Waals surface area (Å²) < 4.78 is 0. The van der Waals surface area contributed by atoms with Crippen LogP contribution in [0.3, 0.4) is 0 Å². The maximum absolute atomic E-state index is 11.3. The van der Waals surface area contributed by atoms with Crippen LogP contribution in [0.15, 0.2) is 6.20 Å². The standard InChI is InChI=1S/C12H20N4OS.ClH/c1-9(17)15(2)10-3-5-16(6-4-10)8-11-7-14-12(13)18-11;/h7,10H,3-6,8H2,1-2H3,(H2,13,14);1H. The number of hydrogen-bond donors (Lipinski definition) is 1. The largest absolute Gasteiger partial charge is 0.375 e. The number of nitrogen functional groups attached to an aromatic ring is 1. The van der Waals surface area contributed by atoms with Crippen LogP contribution in [0.25, 0.3) is 0 Å². The molecule has 5 nitrogen and oxygen atoms in total. The number of likely N-dealkylation sites (tertiary alicyclic amines) is 1. The predicted molar refractivity (Wildman–Crippen MR) is 80.5 cm³/mol. The van der Waals surface area contributed by atoms with Gasteiger partial charge in [0, 0.05) is 50.7 Å². The number of amides is 1. The second kappa shape index (κ2) is 7.07. The summed E-state index contributed by atoms with van der Waals surface area (Å²) in [6, 6.07) is 0.394. The molecule has 7 heteroatoms. The van der Waals surface area contributed by atoms with E-state index < -0.39 is 0 Å². The Morgan fingerprint density at radius 2 is 2.21 bits per heavy atom. The summed E-state index contributed by atoms with van der Waals surface area (Å²) in [7, 11) is 1.90. The molecule has 0 aromatic carbocycles. The Bertz CT molecular complexity index is 418. The van der Waals surface area contributed by atoms with Gasteiger partial charge in [-0.2, -0.15) is 0 Å². The monoisotopic (exact) mass is 304 g/mol. The fraction of sp³-hybridized carbons (Fsp3) is 0.667. The first kappa shape index (κ1) is 16.2. The molecule has 1 saturated heterocycles. The molecule has 2 N–H and O–H groups in total. The summed E-state index contributed by atoms with van der Waals surface area (Å²) in [6.07, 6.45) is 3.95. The maximum atomic E-state index is 11.3. The lowest BCUT2D eigenvalue weighted by Gasteiger charge is -2.36. The number of rotatable bonds is 3. The molecular weight excluding hydrogens is 284 g/mol. The van der Waals surface area contributed by atoms with Crippen LogP contribution in [0.2, 0.25) is 0 Å². The van der Waals surface area contributed by atoms with Gasteiger partial charge in [0.1, 0.15) is 0 Å². The molecule has 0 spiro atoms. The maximum Gasteiger partial charge on any atom is 0.219 e. The van der Waals surface area contributed by atoms with Gasteiger partial charge in [0.25, 0.3) is 0 Å². The van der Waals surface area contributed by atoms with E-state index in [2.05, 4.69) is 9.88 Å². The Morgan fingerprint density at radius 3 is 2.68 bits per heavy atom. The average molecular weight is 305 g/mol. The van der Waals surface area contributed by atoms with Crippen LogP contribution in [0, 0.1) is 0 Å².